The van der Waals surface area contributed by atoms with E-state index >= 15 is 0 Å². The molecule has 1 atom stereocenters. The van der Waals surface area contributed by atoms with Crippen LogP contribution in [0.4, 0.5) is 4.39 Å². The topological polar surface area (TPSA) is 37.3 Å². The minimum atomic E-state index is -1.38. The number of benzene rings is 1. The van der Waals surface area contributed by atoms with Gasteiger partial charge in [-0.2, -0.15) is 0 Å². The zero-order valence-corrected chi connectivity index (χ0v) is 10.1. The Morgan fingerprint density at radius 3 is 2.38 bits per heavy atom. The lowest BCUT2D eigenvalue weighted by atomic mass is 9.96. The fraction of sp³-hybridized carbons (Fsp3) is 0.300. The summed E-state index contributed by atoms with van der Waals surface area (Å²) in [4.78, 5) is 11.2. The number of hydrogen-bond donors (Lipinski definition) is 1. The molecular formula is C10H6Cl3FO2. The van der Waals surface area contributed by atoms with E-state index in [2.05, 4.69) is 0 Å². The van der Waals surface area contributed by atoms with Crippen molar-refractivity contribution in [1.82, 2.24) is 0 Å². The lowest BCUT2D eigenvalue weighted by molar-refractivity contribution is -0.140. The number of halogens is 4. The van der Waals surface area contributed by atoms with Crippen LogP contribution in [0.3, 0.4) is 0 Å². The molecule has 1 aliphatic rings. The van der Waals surface area contributed by atoms with Crippen LogP contribution in [0.1, 0.15) is 12.0 Å². The standard InChI is InChI=1S/C10H6Cl3FO2/c11-6-3-5(1-2-7(6)14)9(8(15)16)4-10(9,12)13/h1-3H,4H2,(H,15,16). The van der Waals surface area contributed by atoms with Gasteiger partial charge in [-0.05, 0) is 17.7 Å². The molecule has 1 aliphatic carbocycles. The average molecular weight is 284 g/mol. The maximum absolute atomic E-state index is 13.0. The third-order valence-electron chi connectivity index (χ3n) is 2.76. The molecule has 1 N–H and O–H groups in total. The summed E-state index contributed by atoms with van der Waals surface area (Å²) in [6.07, 6.45) is 0.0837. The second kappa shape index (κ2) is 3.49. The fourth-order valence-corrected chi connectivity index (χ4v) is 2.68. The molecule has 0 amide bonds. The number of carboxylic acid groups (broad SMARTS) is 1. The van der Waals surface area contributed by atoms with E-state index in [4.69, 9.17) is 39.9 Å². The van der Waals surface area contributed by atoms with E-state index in [0.717, 1.165) is 6.07 Å². The Hall–Kier alpha value is -0.510. The first-order valence-corrected chi connectivity index (χ1v) is 5.51. The molecule has 2 nitrogen and oxygen atoms in total. The predicted octanol–water partition coefficient (Wildman–Crippen LogP) is 3.38. The minimum absolute atomic E-state index is 0.0837. The van der Waals surface area contributed by atoms with E-state index in [0.29, 0.717) is 5.56 Å². The highest BCUT2D eigenvalue weighted by molar-refractivity contribution is 6.54. The Bertz CT molecular complexity index is 475. The van der Waals surface area contributed by atoms with Gasteiger partial charge in [0.15, 0.2) is 0 Å². The largest absolute Gasteiger partial charge is 0.480 e. The van der Waals surface area contributed by atoms with Crippen molar-refractivity contribution < 1.29 is 14.3 Å². The molecule has 1 aromatic rings. The van der Waals surface area contributed by atoms with Crippen molar-refractivity contribution in [3.05, 3.63) is 34.6 Å². The Kier molecular flexibility index (Phi) is 2.61. The molecule has 0 aromatic heterocycles. The van der Waals surface area contributed by atoms with Gasteiger partial charge in [-0.1, -0.05) is 40.9 Å². The van der Waals surface area contributed by atoms with Gasteiger partial charge in [-0.15, -0.1) is 0 Å². The number of carbonyl (C=O) groups is 1. The number of alkyl halides is 2. The van der Waals surface area contributed by atoms with E-state index in [1.165, 1.54) is 12.1 Å². The second-order valence-electron chi connectivity index (χ2n) is 3.72. The van der Waals surface area contributed by atoms with E-state index in [9.17, 15) is 9.18 Å². The van der Waals surface area contributed by atoms with Crippen LogP contribution < -0.4 is 0 Å². The van der Waals surface area contributed by atoms with Gasteiger partial charge in [0.25, 0.3) is 0 Å². The molecule has 1 fully saturated rings. The van der Waals surface area contributed by atoms with Gasteiger partial charge in [-0.3, -0.25) is 4.79 Å². The third kappa shape index (κ3) is 1.50. The summed E-state index contributed by atoms with van der Waals surface area (Å²) in [5.74, 6) is -1.75. The Morgan fingerprint density at radius 1 is 1.44 bits per heavy atom. The van der Waals surface area contributed by atoms with Crippen molar-refractivity contribution in [3.63, 3.8) is 0 Å². The van der Waals surface area contributed by atoms with Gasteiger partial charge in [0.05, 0.1) is 5.02 Å². The molecule has 0 aliphatic heterocycles. The van der Waals surface area contributed by atoms with Crippen LogP contribution in [0.25, 0.3) is 0 Å². The first-order valence-electron chi connectivity index (χ1n) is 4.38. The quantitative estimate of drug-likeness (QED) is 0.845. The summed E-state index contributed by atoms with van der Waals surface area (Å²) in [7, 11) is 0. The van der Waals surface area contributed by atoms with Gasteiger partial charge in [0.2, 0.25) is 0 Å². The van der Waals surface area contributed by atoms with Gasteiger partial charge < -0.3 is 5.11 Å². The monoisotopic (exact) mass is 282 g/mol. The molecule has 1 aromatic carbocycles. The first-order chi connectivity index (χ1) is 7.31. The molecule has 86 valence electrons. The van der Waals surface area contributed by atoms with Gasteiger partial charge >= 0.3 is 5.97 Å². The Morgan fingerprint density at radius 2 is 2.00 bits per heavy atom. The zero-order chi connectivity index (χ0) is 12.1. The lowest BCUT2D eigenvalue weighted by Gasteiger charge is -2.13. The van der Waals surface area contributed by atoms with Crippen LogP contribution in [-0.4, -0.2) is 15.4 Å². The Labute approximate surface area is 106 Å². The average Bonchev–Trinajstić information content (AvgIpc) is 2.75. The van der Waals surface area contributed by atoms with Crippen LogP contribution in [0.15, 0.2) is 18.2 Å². The maximum Gasteiger partial charge on any atom is 0.317 e. The highest BCUT2D eigenvalue weighted by Gasteiger charge is 2.72. The van der Waals surface area contributed by atoms with Crippen LogP contribution in [0.5, 0.6) is 0 Å². The van der Waals surface area contributed by atoms with Gasteiger partial charge in [0, 0.05) is 6.42 Å². The smallest absolute Gasteiger partial charge is 0.317 e. The molecule has 2 rings (SSSR count). The van der Waals surface area contributed by atoms with Gasteiger partial charge in [0.1, 0.15) is 15.6 Å². The summed E-state index contributed by atoms with van der Waals surface area (Å²) in [6.45, 7) is 0. The first kappa shape index (κ1) is 12.0. The van der Waals surface area contributed by atoms with Crippen molar-refractivity contribution in [2.75, 3.05) is 0 Å². The lowest BCUT2D eigenvalue weighted by Crippen LogP contribution is -2.26. The van der Waals surface area contributed by atoms with E-state index in [1.54, 1.807) is 0 Å². The Balaban J connectivity index is 2.51. The highest BCUT2D eigenvalue weighted by Crippen LogP contribution is 2.65. The van der Waals surface area contributed by atoms with Crippen LogP contribution in [0.2, 0.25) is 5.02 Å². The number of hydrogen-bond acceptors (Lipinski definition) is 1. The highest BCUT2D eigenvalue weighted by atomic mass is 35.5. The summed E-state index contributed by atoms with van der Waals surface area (Å²) in [5.41, 5.74) is -1.07. The maximum atomic E-state index is 13.0. The van der Waals surface area contributed by atoms with Crippen molar-refractivity contribution in [2.45, 2.75) is 16.2 Å². The molecule has 1 saturated carbocycles. The fourth-order valence-electron chi connectivity index (χ4n) is 1.72. The SMILES string of the molecule is O=C(O)C1(c2ccc(F)c(Cl)c2)CC1(Cl)Cl. The van der Waals surface area contributed by atoms with Crippen molar-refractivity contribution in [1.29, 1.82) is 0 Å². The predicted molar refractivity (Wildman–Crippen MR) is 59.8 cm³/mol. The van der Waals surface area contributed by atoms with E-state index in [1.807, 2.05) is 0 Å². The summed E-state index contributed by atoms with van der Waals surface area (Å²) in [5, 5.41) is 9.00. The van der Waals surface area contributed by atoms with Crippen molar-refractivity contribution in [2.24, 2.45) is 0 Å². The number of rotatable bonds is 2. The normalized spacial score (nSPS) is 26.5. The van der Waals surface area contributed by atoms with Crippen molar-refractivity contribution in [3.8, 4) is 0 Å². The summed E-state index contributed by atoms with van der Waals surface area (Å²) >= 11 is 17.3. The molecule has 1 unspecified atom stereocenters. The van der Waals surface area contributed by atoms with Crippen LogP contribution >= 0.6 is 34.8 Å². The number of aliphatic carboxylic acids is 1. The molecule has 0 bridgehead atoms. The molecule has 6 heteroatoms. The summed E-state index contributed by atoms with van der Waals surface area (Å²) in [6, 6.07) is 3.68. The number of carboxylic acids is 1. The minimum Gasteiger partial charge on any atom is -0.480 e. The second-order valence-corrected chi connectivity index (χ2v) is 5.61. The molecule has 0 radical (unpaired) electrons. The molecular weight excluding hydrogens is 277 g/mol. The molecule has 0 spiro atoms. The van der Waals surface area contributed by atoms with E-state index < -0.39 is 21.5 Å². The molecule has 0 heterocycles. The van der Waals surface area contributed by atoms with Gasteiger partial charge in [-0.25, -0.2) is 4.39 Å². The van der Waals surface area contributed by atoms with Crippen LogP contribution in [0, 0.1) is 5.82 Å². The van der Waals surface area contributed by atoms with E-state index in [-0.39, 0.29) is 11.4 Å². The molecule has 16 heavy (non-hydrogen) atoms. The third-order valence-corrected chi connectivity index (χ3v) is 3.97. The summed E-state index contributed by atoms with van der Waals surface area (Å²) < 4.78 is 11.6. The van der Waals surface area contributed by atoms with Crippen LogP contribution in [-0.2, 0) is 10.2 Å². The molecule has 0 saturated heterocycles. The zero-order valence-electron chi connectivity index (χ0n) is 7.81. The van der Waals surface area contributed by atoms with Crippen molar-refractivity contribution >= 4 is 40.8 Å².